The molecule has 0 aromatic rings. The summed E-state index contributed by atoms with van der Waals surface area (Å²) in [7, 11) is 0. The third kappa shape index (κ3) is 39.1. The van der Waals surface area contributed by atoms with E-state index in [0.29, 0.717) is 12.8 Å². The Morgan fingerprint density at radius 1 is 0.534 bits per heavy atom. The van der Waals surface area contributed by atoms with Crippen LogP contribution in [-0.2, 0) is 23.9 Å². The van der Waals surface area contributed by atoms with Crippen LogP contribution in [0, 0.1) is 0 Å². The Hall–Kier alpha value is -3.72. The molecular formula is C49H82N2O7. The minimum absolute atomic E-state index is 0.130. The number of hydrogen-bond acceptors (Lipinski definition) is 6. The van der Waals surface area contributed by atoms with E-state index in [-0.39, 0.29) is 30.9 Å². The lowest BCUT2D eigenvalue weighted by atomic mass is 10.1. The van der Waals surface area contributed by atoms with Crippen LogP contribution in [0.25, 0.3) is 0 Å². The number of ether oxygens (including phenoxy) is 1. The summed E-state index contributed by atoms with van der Waals surface area (Å²) in [4.78, 5) is 47.6. The molecule has 9 nitrogen and oxygen atoms in total. The molecule has 2 unspecified atom stereocenters. The maximum absolute atomic E-state index is 12.8. The zero-order chi connectivity index (χ0) is 42.6. The van der Waals surface area contributed by atoms with Crippen molar-refractivity contribution in [3.05, 3.63) is 72.9 Å². The number of nitrogens with one attached hydrogen (secondary N) is 2. The van der Waals surface area contributed by atoms with Gasteiger partial charge in [0.2, 0.25) is 11.8 Å². The van der Waals surface area contributed by atoms with Crippen LogP contribution in [0.3, 0.4) is 0 Å². The number of hydrogen-bond donors (Lipinski definition) is 4. The molecule has 0 aliphatic carbocycles. The highest BCUT2D eigenvalue weighted by molar-refractivity contribution is 5.87. The van der Waals surface area contributed by atoms with Crippen LogP contribution in [0.4, 0.5) is 0 Å². The summed E-state index contributed by atoms with van der Waals surface area (Å²) in [5, 5.41) is 22.5. The van der Waals surface area contributed by atoms with Gasteiger partial charge >= 0.3 is 11.9 Å². The standard InChI is InChI=1S/C49H82N2O7/c1-3-5-7-9-11-13-15-16-17-18-19-20-21-22-24-26-28-33-37-41-48(55)58-44(38-34-30-27-25-23-14-12-10-8-6-4-2)39-35-31-29-32-36-40-46(53)50-42-47(54)51-45(43-52)49(56)57/h11-14,16-17,19-20,25,27,34,38,44-45,52H,3-10,15,18,21-24,26,28-33,35-37,39-43H2,1-2H3,(H,50,53)(H,51,54)(H,56,57)/b13-11-,14-12-,17-16-,20-19-,27-25-,38-34-. The monoisotopic (exact) mass is 811 g/mol. The largest absolute Gasteiger partial charge is 0.480 e. The van der Waals surface area contributed by atoms with E-state index in [0.717, 1.165) is 89.9 Å². The van der Waals surface area contributed by atoms with Gasteiger partial charge in [-0.2, -0.15) is 0 Å². The van der Waals surface area contributed by atoms with Crippen molar-refractivity contribution >= 4 is 23.8 Å². The van der Waals surface area contributed by atoms with E-state index in [1.165, 1.54) is 64.2 Å². The van der Waals surface area contributed by atoms with Crippen LogP contribution in [-0.4, -0.2) is 59.3 Å². The summed E-state index contributed by atoms with van der Waals surface area (Å²) >= 11 is 0. The fourth-order valence-corrected chi connectivity index (χ4v) is 6.12. The van der Waals surface area contributed by atoms with E-state index in [4.69, 9.17) is 14.9 Å². The number of aliphatic carboxylic acids is 1. The average Bonchev–Trinajstić information content (AvgIpc) is 3.21. The van der Waals surface area contributed by atoms with E-state index in [1.54, 1.807) is 0 Å². The molecule has 0 aromatic carbocycles. The van der Waals surface area contributed by atoms with Gasteiger partial charge in [0.05, 0.1) is 13.2 Å². The van der Waals surface area contributed by atoms with Gasteiger partial charge < -0.3 is 25.6 Å². The molecule has 0 aromatic heterocycles. The minimum atomic E-state index is -1.39. The minimum Gasteiger partial charge on any atom is -0.480 e. The first-order valence-corrected chi connectivity index (χ1v) is 22.8. The average molecular weight is 811 g/mol. The Kier molecular flexibility index (Phi) is 40.1. The molecule has 0 rings (SSSR count). The number of carbonyl (C=O) groups excluding carboxylic acids is 3. The molecule has 0 aliphatic rings. The number of amides is 2. The van der Waals surface area contributed by atoms with Crippen LogP contribution in [0.5, 0.6) is 0 Å². The first kappa shape index (κ1) is 54.3. The Morgan fingerprint density at radius 3 is 1.50 bits per heavy atom. The second kappa shape index (κ2) is 42.9. The predicted octanol–water partition coefficient (Wildman–Crippen LogP) is 11.5. The topological polar surface area (TPSA) is 142 Å². The lowest BCUT2D eigenvalue weighted by molar-refractivity contribution is -0.147. The van der Waals surface area contributed by atoms with Crippen molar-refractivity contribution < 1.29 is 34.1 Å². The normalized spacial score (nSPS) is 13.2. The number of allylic oxidation sites excluding steroid dienone is 11. The SMILES string of the molecule is CCCCC/C=C\C/C=C\C/C=C\CCCCCCCCC(=O)OC(/C=C\C/C=C\C/C=C\CCCCC)CCCCCCCC(=O)NCC(=O)NC(CO)C(=O)O. The molecule has 2 atom stereocenters. The highest BCUT2D eigenvalue weighted by Crippen LogP contribution is 2.15. The summed E-state index contributed by atoms with van der Waals surface area (Å²) < 4.78 is 5.92. The molecule has 9 heteroatoms. The highest BCUT2D eigenvalue weighted by atomic mass is 16.5. The van der Waals surface area contributed by atoms with Gasteiger partial charge in [-0.05, 0) is 96.0 Å². The van der Waals surface area contributed by atoms with Crippen molar-refractivity contribution in [1.82, 2.24) is 10.6 Å². The van der Waals surface area contributed by atoms with E-state index in [2.05, 4.69) is 91.3 Å². The lowest BCUT2D eigenvalue weighted by Crippen LogP contribution is -2.47. The zero-order valence-electron chi connectivity index (χ0n) is 36.5. The molecule has 0 fully saturated rings. The second-order valence-electron chi connectivity index (χ2n) is 15.1. The predicted molar refractivity (Wildman–Crippen MR) is 240 cm³/mol. The second-order valence-corrected chi connectivity index (χ2v) is 15.1. The van der Waals surface area contributed by atoms with E-state index >= 15 is 0 Å². The van der Waals surface area contributed by atoms with Crippen LogP contribution in [0.15, 0.2) is 72.9 Å². The Labute approximate surface area is 353 Å². The first-order valence-electron chi connectivity index (χ1n) is 22.8. The number of carboxylic acids is 1. The number of carboxylic acid groups (broad SMARTS) is 1. The molecule has 2 amide bonds. The van der Waals surface area contributed by atoms with Crippen molar-refractivity contribution in [2.24, 2.45) is 0 Å². The summed E-state index contributed by atoms with van der Waals surface area (Å²) in [6.45, 7) is 3.40. The zero-order valence-corrected chi connectivity index (χ0v) is 36.5. The first-order chi connectivity index (χ1) is 28.3. The molecule has 0 aliphatic heterocycles. The fourth-order valence-electron chi connectivity index (χ4n) is 6.12. The van der Waals surface area contributed by atoms with Gasteiger partial charge in [0.1, 0.15) is 12.1 Å². The van der Waals surface area contributed by atoms with E-state index < -0.39 is 24.5 Å². The molecule has 0 saturated carbocycles. The molecule has 0 heterocycles. The van der Waals surface area contributed by atoms with Gasteiger partial charge in [-0.15, -0.1) is 0 Å². The van der Waals surface area contributed by atoms with E-state index in [9.17, 15) is 19.2 Å². The Balaban J connectivity index is 4.40. The van der Waals surface area contributed by atoms with Crippen LogP contribution in [0.2, 0.25) is 0 Å². The van der Waals surface area contributed by atoms with Gasteiger partial charge in [-0.1, -0.05) is 151 Å². The van der Waals surface area contributed by atoms with Crippen LogP contribution < -0.4 is 10.6 Å². The van der Waals surface area contributed by atoms with Gasteiger partial charge in [-0.3, -0.25) is 14.4 Å². The van der Waals surface area contributed by atoms with Crippen molar-refractivity contribution in [3.8, 4) is 0 Å². The van der Waals surface area contributed by atoms with Crippen LogP contribution >= 0.6 is 0 Å². The quantitative estimate of drug-likeness (QED) is 0.0274. The summed E-state index contributed by atoms with van der Waals surface area (Å²) in [5.41, 5.74) is 0. The van der Waals surface area contributed by atoms with Gasteiger partial charge in [-0.25, -0.2) is 4.79 Å². The molecule has 4 N–H and O–H groups in total. The van der Waals surface area contributed by atoms with Crippen LogP contribution in [0.1, 0.15) is 187 Å². The third-order valence-electron chi connectivity index (χ3n) is 9.66. The van der Waals surface area contributed by atoms with Crippen molar-refractivity contribution in [2.75, 3.05) is 13.2 Å². The van der Waals surface area contributed by atoms with E-state index in [1.807, 2.05) is 6.08 Å². The molecule has 0 saturated heterocycles. The summed E-state index contributed by atoms with van der Waals surface area (Å²) in [5.74, 6) is -2.41. The Morgan fingerprint density at radius 2 is 0.983 bits per heavy atom. The van der Waals surface area contributed by atoms with Gasteiger partial charge in [0.25, 0.3) is 0 Å². The molecule has 0 spiro atoms. The Bertz CT molecular complexity index is 1200. The third-order valence-corrected chi connectivity index (χ3v) is 9.66. The van der Waals surface area contributed by atoms with Gasteiger partial charge in [0, 0.05) is 12.8 Å². The van der Waals surface area contributed by atoms with Crippen molar-refractivity contribution in [3.63, 3.8) is 0 Å². The molecule has 0 radical (unpaired) electrons. The highest BCUT2D eigenvalue weighted by Gasteiger charge is 2.18. The smallest absolute Gasteiger partial charge is 0.328 e. The fraction of sp³-hybridized carbons (Fsp3) is 0.673. The summed E-state index contributed by atoms with van der Waals surface area (Å²) in [6.07, 6.45) is 53.7. The number of esters is 1. The maximum Gasteiger partial charge on any atom is 0.328 e. The van der Waals surface area contributed by atoms with Crippen molar-refractivity contribution in [1.29, 1.82) is 0 Å². The lowest BCUT2D eigenvalue weighted by Gasteiger charge is -2.15. The van der Waals surface area contributed by atoms with Crippen molar-refractivity contribution in [2.45, 2.75) is 199 Å². The number of rotatable bonds is 40. The number of aliphatic hydroxyl groups is 1. The summed E-state index contributed by atoms with van der Waals surface area (Å²) in [6, 6.07) is -1.39. The molecule has 58 heavy (non-hydrogen) atoms. The number of unbranched alkanes of at least 4 members (excludes halogenated alkanes) is 16. The van der Waals surface area contributed by atoms with Gasteiger partial charge in [0.15, 0.2) is 0 Å². The number of aliphatic hydroxyl groups excluding tert-OH is 1. The molecular weight excluding hydrogens is 729 g/mol. The molecule has 0 bridgehead atoms. The maximum atomic E-state index is 12.8. The number of carbonyl (C=O) groups is 4. The molecule has 330 valence electrons.